The molecule has 1 aromatic carbocycles. The van der Waals surface area contributed by atoms with Gasteiger partial charge >= 0.3 is 5.97 Å². The predicted octanol–water partition coefficient (Wildman–Crippen LogP) is 6.60. The summed E-state index contributed by atoms with van der Waals surface area (Å²) in [5, 5.41) is 2.90. The van der Waals surface area contributed by atoms with Crippen LogP contribution < -0.4 is 10.1 Å². The van der Waals surface area contributed by atoms with Gasteiger partial charge in [0, 0.05) is 88.5 Å². The van der Waals surface area contributed by atoms with Crippen molar-refractivity contribution >= 4 is 23.3 Å². The molecular formula is C42H53N7O4. The van der Waals surface area contributed by atoms with Crippen molar-refractivity contribution in [2.24, 2.45) is 9.98 Å². The monoisotopic (exact) mass is 719 g/mol. The maximum Gasteiger partial charge on any atom is 0.306 e. The van der Waals surface area contributed by atoms with Crippen molar-refractivity contribution in [3.05, 3.63) is 114 Å². The van der Waals surface area contributed by atoms with Crippen LogP contribution in [0.25, 0.3) is 0 Å². The first-order chi connectivity index (χ1) is 26.0. The number of rotatable bonds is 22. The molecule has 0 saturated carbocycles. The molecule has 0 unspecified atom stereocenters. The second kappa shape index (κ2) is 22.2. The molecule has 0 aliphatic carbocycles. The highest BCUT2D eigenvalue weighted by Crippen LogP contribution is 2.23. The van der Waals surface area contributed by atoms with Gasteiger partial charge in [0.25, 0.3) is 0 Å². The zero-order valence-corrected chi connectivity index (χ0v) is 31.0. The number of benzene rings is 1. The number of hydrogen-bond donors (Lipinski definition) is 1. The Morgan fingerprint density at radius 2 is 1.34 bits per heavy atom. The molecule has 0 saturated heterocycles. The van der Waals surface area contributed by atoms with Crippen LogP contribution >= 0.6 is 0 Å². The van der Waals surface area contributed by atoms with Gasteiger partial charge in [-0.15, -0.1) is 0 Å². The fourth-order valence-corrected chi connectivity index (χ4v) is 6.32. The first-order valence-corrected chi connectivity index (χ1v) is 18.9. The van der Waals surface area contributed by atoms with Gasteiger partial charge in [-0.25, -0.2) is 0 Å². The topological polar surface area (TPSA) is 122 Å². The second-order valence-electron chi connectivity index (χ2n) is 13.4. The van der Waals surface area contributed by atoms with E-state index >= 15 is 0 Å². The first kappa shape index (κ1) is 39.2. The quantitative estimate of drug-likeness (QED) is 0.0912. The third kappa shape index (κ3) is 14.9. The average molecular weight is 720 g/mol. The van der Waals surface area contributed by atoms with Gasteiger partial charge in [0.05, 0.1) is 31.0 Å². The van der Waals surface area contributed by atoms with E-state index in [1.54, 1.807) is 6.92 Å². The number of aliphatic imine (C=N–C) groups is 2. The molecule has 0 bridgehead atoms. The van der Waals surface area contributed by atoms with Gasteiger partial charge in [-0.1, -0.05) is 30.4 Å². The summed E-state index contributed by atoms with van der Waals surface area (Å²) in [5.74, 6) is 0.326. The smallest absolute Gasteiger partial charge is 0.306 e. The van der Waals surface area contributed by atoms with E-state index in [0.29, 0.717) is 45.9 Å². The van der Waals surface area contributed by atoms with Crippen LogP contribution in [0.15, 0.2) is 102 Å². The third-order valence-electron chi connectivity index (χ3n) is 8.82. The van der Waals surface area contributed by atoms with Crippen LogP contribution in [0.1, 0.15) is 80.8 Å². The minimum atomic E-state index is -0.350. The molecule has 11 heteroatoms. The Kier molecular flexibility index (Phi) is 16.4. The number of carbonyl (C=O) groups excluding carboxylic acids is 2. The molecule has 1 amide bonds. The lowest BCUT2D eigenvalue weighted by Crippen LogP contribution is -2.31. The number of pyridine rings is 2. The van der Waals surface area contributed by atoms with Crippen LogP contribution in [0, 0.1) is 0 Å². The minimum absolute atomic E-state index is 0.0936. The van der Waals surface area contributed by atoms with Gasteiger partial charge in [0.2, 0.25) is 5.91 Å². The first-order valence-electron chi connectivity index (χ1n) is 18.9. The fraction of sp³-hybridized carbons (Fsp3) is 0.429. The van der Waals surface area contributed by atoms with Crippen molar-refractivity contribution < 1.29 is 19.1 Å². The summed E-state index contributed by atoms with van der Waals surface area (Å²) in [7, 11) is 0. The largest absolute Gasteiger partial charge is 0.494 e. The summed E-state index contributed by atoms with van der Waals surface area (Å²) < 4.78 is 11.3. The summed E-state index contributed by atoms with van der Waals surface area (Å²) >= 11 is 0. The molecule has 4 heterocycles. The van der Waals surface area contributed by atoms with Crippen LogP contribution in [0.5, 0.6) is 5.75 Å². The summed E-state index contributed by atoms with van der Waals surface area (Å²) in [5.41, 5.74) is 6.70. The molecule has 1 N–H and O–H groups in total. The molecule has 3 aromatic rings. The molecule has 2 aromatic heterocycles. The molecule has 0 atom stereocenters. The standard InChI is InChI=1S/C42H53N7O4/c1-2-52-42(51)18-17-41(50)47-23-11-12-24-53-40-26-34(28-48(30-36-13-3-7-19-43-36)31-37-14-4-8-20-44-37)25-35(27-40)29-49(32-38-15-5-9-21-45-38)33-39-16-6-10-22-46-39/h3,5,7-10,13,15,19-22,25-27H,2,4,6,11-12,14,16-18,23-24,28-33H2,1H3,(H,47,50). The van der Waals surface area contributed by atoms with Crippen LogP contribution in [-0.4, -0.2) is 75.9 Å². The van der Waals surface area contributed by atoms with Gasteiger partial charge < -0.3 is 14.8 Å². The number of amides is 1. The van der Waals surface area contributed by atoms with Crippen molar-refractivity contribution in [1.29, 1.82) is 0 Å². The van der Waals surface area contributed by atoms with Crippen molar-refractivity contribution in [2.75, 3.05) is 32.8 Å². The number of nitrogens with zero attached hydrogens (tertiary/aromatic N) is 6. The maximum absolute atomic E-state index is 12.2. The van der Waals surface area contributed by atoms with E-state index in [0.717, 1.165) is 79.9 Å². The SMILES string of the molecule is CCOC(=O)CCC(=O)NCCCCOc1cc(CN(CC2=NC=CCC2)Cc2ccccn2)cc(CN(CC2=NC=CCC2)Cc2ccccn2)c1. The zero-order valence-electron chi connectivity index (χ0n) is 31.0. The molecule has 11 nitrogen and oxygen atoms in total. The molecular weight excluding hydrogens is 667 g/mol. The lowest BCUT2D eigenvalue weighted by molar-refractivity contribution is -0.144. The van der Waals surface area contributed by atoms with E-state index in [1.807, 2.05) is 49.1 Å². The Bertz CT molecular complexity index is 1610. The van der Waals surface area contributed by atoms with E-state index in [2.05, 4.69) is 67.6 Å². The Morgan fingerprint density at radius 3 is 1.85 bits per heavy atom. The van der Waals surface area contributed by atoms with E-state index in [1.165, 1.54) is 11.4 Å². The van der Waals surface area contributed by atoms with Crippen LogP contribution in [0.3, 0.4) is 0 Å². The van der Waals surface area contributed by atoms with Gasteiger partial charge in [-0.2, -0.15) is 0 Å². The van der Waals surface area contributed by atoms with Gasteiger partial charge in [-0.3, -0.25) is 39.3 Å². The lowest BCUT2D eigenvalue weighted by atomic mass is 10.1. The molecule has 53 heavy (non-hydrogen) atoms. The number of unbranched alkanes of at least 4 members (excludes halogenated alkanes) is 1. The Balaban J connectivity index is 1.29. The molecule has 5 rings (SSSR count). The van der Waals surface area contributed by atoms with Crippen molar-refractivity contribution in [3.8, 4) is 5.75 Å². The maximum atomic E-state index is 12.2. The number of carbonyl (C=O) groups is 2. The third-order valence-corrected chi connectivity index (χ3v) is 8.82. The van der Waals surface area contributed by atoms with E-state index < -0.39 is 0 Å². The molecule has 280 valence electrons. The molecule has 2 aliphatic heterocycles. The van der Waals surface area contributed by atoms with Crippen molar-refractivity contribution in [2.45, 2.75) is 84.5 Å². The van der Waals surface area contributed by atoms with E-state index in [4.69, 9.17) is 19.5 Å². The second-order valence-corrected chi connectivity index (χ2v) is 13.4. The molecule has 0 spiro atoms. The molecule has 2 aliphatic rings. The van der Waals surface area contributed by atoms with Crippen molar-refractivity contribution in [3.63, 3.8) is 0 Å². The number of allylic oxidation sites excluding steroid dienone is 2. The number of hydrogen-bond acceptors (Lipinski definition) is 10. The van der Waals surface area contributed by atoms with E-state index in [9.17, 15) is 9.59 Å². The Labute approximate surface area is 313 Å². The van der Waals surface area contributed by atoms with Gasteiger partial charge in [0.1, 0.15) is 5.75 Å². The zero-order chi connectivity index (χ0) is 36.9. The summed E-state index contributed by atoms with van der Waals surface area (Å²) in [6, 6.07) is 18.7. The lowest BCUT2D eigenvalue weighted by Gasteiger charge is -2.26. The summed E-state index contributed by atoms with van der Waals surface area (Å²) in [6.45, 7) is 7.45. The normalized spacial score (nSPS) is 13.9. The highest BCUT2D eigenvalue weighted by atomic mass is 16.5. The van der Waals surface area contributed by atoms with Gasteiger partial charge in [0.15, 0.2) is 0 Å². The number of nitrogens with one attached hydrogen (secondary N) is 1. The molecule has 0 radical (unpaired) electrons. The average Bonchev–Trinajstić information content (AvgIpc) is 3.17. The van der Waals surface area contributed by atoms with Crippen LogP contribution in [0.4, 0.5) is 0 Å². The number of ether oxygens (including phenoxy) is 2. The van der Waals surface area contributed by atoms with Gasteiger partial charge in [-0.05, 0) is 93.0 Å². The number of aromatic nitrogens is 2. The predicted molar refractivity (Wildman–Crippen MR) is 208 cm³/mol. The fourth-order valence-electron chi connectivity index (χ4n) is 6.32. The summed E-state index contributed by atoms with van der Waals surface area (Å²) in [4.78, 5) is 47.2. The summed E-state index contributed by atoms with van der Waals surface area (Å²) in [6.07, 6.45) is 17.5. The van der Waals surface area contributed by atoms with E-state index in [-0.39, 0.29) is 24.7 Å². The van der Waals surface area contributed by atoms with Crippen molar-refractivity contribution in [1.82, 2.24) is 25.1 Å². The highest BCUT2D eigenvalue weighted by molar-refractivity contribution is 5.88. The number of esters is 1. The minimum Gasteiger partial charge on any atom is -0.494 e. The molecule has 0 fully saturated rings. The Hall–Kier alpha value is -5.00. The Morgan fingerprint density at radius 1 is 0.736 bits per heavy atom. The van der Waals surface area contributed by atoms with Crippen LogP contribution in [-0.2, 0) is 40.5 Å². The highest BCUT2D eigenvalue weighted by Gasteiger charge is 2.17. The van der Waals surface area contributed by atoms with Crippen LogP contribution in [0.2, 0.25) is 0 Å².